The van der Waals surface area contributed by atoms with Gasteiger partial charge in [0.05, 0.1) is 13.0 Å². The fraction of sp³-hybridized carbons (Fsp3) is 0.731. The zero-order valence-electron chi connectivity index (χ0n) is 18.9. The van der Waals surface area contributed by atoms with E-state index in [9.17, 15) is 4.79 Å². The van der Waals surface area contributed by atoms with E-state index in [2.05, 4.69) is 39.8 Å². The van der Waals surface area contributed by atoms with Gasteiger partial charge in [-0.15, -0.1) is 0 Å². The molecule has 4 rings (SSSR count). The first-order valence-electron chi connectivity index (χ1n) is 11.6. The lowest BCUT2D eigenvalue weighted by Crippen LogP contribution is -2.43. The van der Waals surface area contributed by atoms with Crippen LogP contribution < -0.4 is 4.74 Å². The van der Waals surface area contributed by atoms with Crippen molar-refractivity contribution in [2.24, 2.45) is 34.5 Å². The first-order valence-corrected chi connectivity index (χ1v) is 11.6. The van der Waals surface area contributed by atoms with Crippen molar-refractivity contribution in [3.05, 3.63) is 29.8 Å². The zero-order valence-corrected chi connectivity index (χ0v) is 18.9. The molecule has 160 valence electrons. The average molecular weight is 399 g/mol. The summed E-state index contributed by atoms with van der Waals surface area (Å²) in [5.41, 5.74) is 1.58. The fourth-order valence-electron chi connectivity index (χ4n) is 6.89. The van der Waals surface area contributed by atoms with Gasteiger partial charge in [0.15, 0.2) is 0 Å². The maximum atomic E-state index is 13.2. The van der Waals surface area contributed by atoms with Crippen LogP contribution in [0.1, 0.15) is 71.8 Å². The molecule has 0 heterocycles. The van der Waals surface area contributed by atoms with Gasteiger partial charge < -0.3 is 9.47 Å². The van der Waals surface area contributed by atoms with Crippen LogP contribution in [0.25, 0.3) is 0 Å². The van der Waals surface area contributed by atoms with Gasteiger partial charge in [-0.1, -0.05) is 52.7 Å². The third kappa shape index (κ3) is 3.39. The van der Waals surface area contributed by atoms with Crippen molar-refractivity contribution in [2.75, 3.05) is 7.11 Å². The van der Waals surface area contributed by atoms with E-state index in [0.29, 0.717) is 17.8 Å². The molecule has 3 fully saturated rings. The Morgan fingerprint density at radius 3 is 2.38 bits per heavy atom. The Labute approximate surface area is 176 Å². The molecule has 2 bridgehead atoms. The smallest absolute Gasteiger partial charge is 0.309 e. The van der Waals surface area contributed by atoms with Crippen LogP contribution in [0.3, 0.4) is 0 Å². The standard InChI is InChI=1S/C26H38O3/c1-17(19-8-6-7-9-19)24(27)29-23-21(16-18-10-12-20(28-5)13-11-18)22-14-15-26(23,4)25(22,2)3/h10-13,17,19,21-23H,6-9,14-16H2,1-5H3/t17-,21+,22-,23-,26+/m1/s1. The molecule has 1 aromatic rings. The first kappa shape index (κ1) is 20.8. The van der Waals surface area contributed by atoms with Gasteiger partial charge in [0, 0.05) is 11.3 Å². The molecule has 0 amide bonds. The van der Waals surface area contributed by atoms with E-state index < -0.39 is 0 Å². The largest absolute Gasteiger partial charge is 0.497 e. The second kappa shape index (κ2) is 7.63. The van der Waals surface area contributed by atoms with E-state index in [1.165, 1.54) is 44.1 Å². The number of esters is 1. The Morgan fingerprint density at radius 1 is 1.10 bits per heavy atom. The molecule has 3 nitrogen and oxygen atoms in total. The van der Waals surface area contributed by atoms with Crippen LogP contribution in [0.5, 0.6) is 5.75 Å². The van der Waals surface area contributed by atoms with Crippen LogP contribution in [-0.2, 0) is 16.0 Å². The Hall–Kier alpha value is -1.51. The van der Waals surface area contributed by atoms with Crippen molar-refractivity contribution in [1.29, 1.82) is 0 Å². The highest BCUT2D eigenvalue weighted by molar-refractivity contribution is 5.72. The predicted octanol–water partition coefficient (Wildman–Crippen LogP) is 6.05. The van der Waals surface area contributed by atoms with Gasteiger partial charge in [-0.25, -0.2) is 0 Å². The molecule has 0 aromatic heterocycles. The molecular formula is C26H38O3. The maximum absolute atomic E-state index is 13.2. The SMILES string of the molecule is COc1ccc(C[C@H]2[C@H]3CC[C@@](C)([C@@H]2OC(=O)[C@H](C)C2CCCC2)C3(C)C)cc1. The van der Waals surface area contributed by atoms with Crippen molar-refractivity contribution in [3.63, 3.8) is 0 Å². The molecule has 0 aliphatic heterocycles. The van der Waals surface area contributed by atoms with Crippen molar-refractivity contribution >= 4 is 5.97 Å². The molecule has 3 heteroatoms. The predicted molar refractivity (Wildman–Crippen MR) is 116 cm³/mol. The molecule has 3 aliphatic carbocycles. The number of methoxy groups -OCH3 is 1. The summed E-state index contributed by atoms with van der Waals surface area (Å²) >= 11 is 0. The van der Waals surface area contributed by atoms with Crippen molar-refractivity contribution in [1.82, 2.24) is 0 Å². The molecule has 0 unspecified atom stereocenters. The number of fused-ring (bicyclic) bond motifs is 2. The van der Waals surface area contributed by atoms with E-state index in [1.54, 1.807) is 7.11 Å². The van der Waals surface area contributed by atoms with E-state index in [1.807, 2.05) is 12.1 Å². The minimum Gasteiger partial charge on any atom is -0.497 e. The third-order valence-corrected chi connectivity index (χ3v) is 9.26. The Kier molecular flexibility index (Phi) is 5.46. The lowest BCUT2D eigenvalue weighted by Gasteiger charge is -2.40. The summed E-state index contributed by atoms with van der Waals surface area (Å²) in [7, 11) is 1.70. The number of rotatable bonds is 6. The van der Waals surface area contributed by atoms with Crippen molar-refractivity contribution < 1.29 is 14.3 Å². The monoisotopic (exact) mass is 398 g/mol. The Bertz CT molecular complexity index is 731. The number of hydrogen-bond acceptors (Lipinski definition) is 3. The molecule has 0 saturated heterocycles. The Balaban J connectivity index is 1.55. The molecule has 0 N–H and O–H groups in total. The van der Waals surface area contributed by atoms with Gasteiger partial charge in [-0.2, -0.15) is 0 Å². The van der Waals surface area contributed by atoms with Crippen molar-refractivity contribution in [2.45, 2.75) is 78.7 Å². The van der Waals surface area contributed by atoms with Crippen LogP contribution in [0.15, 0.2) is 24.3 Å². The molecule has 5 atom stereocenters. The normalized spacial score (nSPS) is 34.3. The summed E-state index contributed by atoms with van der Waals surface area (Å²) in [5.74, 6) is 2.49. The summed E-state index contributed by atoms with van der Waals surface area (Å²) in [5, 5.41) is 0. The first-order chi connectivity index (χ1) is 13.8. The second-order valence-corrected chi connectivity index (χ2v) is 10.7. The summed E-state index contributed by atoms with van der Waals surface area (Å²) in [6.45, 7) is 9.27. The summed E-state index contributed by atoms with van der Waals surface area (Å²) in [6, 6.07) is 8.41. The highest BCUT2D eigenvalue weighted by Crippen LogP contribution is 2.69. The topological polar surface area (TPSA) is 35.5 Å². The van der Waals surface area contributed by atoms with Gasteiger partial charge >= 0.3 is 5.97 Å². The molecule has 0 radical (unpaired) electrons. The molecule has 1 aromatic carbocycles. The highest BCUT2D eigenvalue weighted by Gasteiger charge is 2.67. The van der Waals surface area contributed by atoms with E-state index >= 15 is 0 Å². The molecule has 3 aliphatic rings. The molecule has 3 saturated carbocycles. The number of carbonyl (C=O) groups excluding carboxylic acids is 1. The maximum Gasteiger partial charge on any atom is 0.309 e. The summed E-state index contributed by atoms with van der Waals surface area (Å²) < 4.78 is 11.7. The average Bonchev–Trinajstić information content (AvgIpc) is 3.35. The lowest BCUT2D eigenvalue weighted by atomic mass is 9.70. The van der Waals surface area contributed by atoms with Gasteiger partial charge in [0.1, 0.15) is 11.9 Å². The van der Waals surface area contributed by atoms with Crippen LogP contribution in [0, 0.1) is 34.5 Å². The Morgan fingerprint density at radius 2 is 1.76 bits per heavy atom. The third-order valence-electron chi connectivity index (χ3n) is 9.26. The van der Waals surface area contributed by atoms with Gasteiger partial charge in [-0.05, 0) is 67.1 Å². The van der Waals surface area contributed by atoms with E-state index in [-0.39, 0.29) is 28.8 Å². The lowest BCUT2D eigenvalue weighted by molar-refractivity contribution is -0.166. The molecular weight excluding hydrogens is 360 g/mol. The van der Waals surface area contributed by atoms with Gasteiger partial charge in [0.2, 0.25) is 0 Å². The van der Waals surface area contributed by atoms with Crippen LogP contribution in [0.4, 0.5) is 0 Å². The van der Waals surface area contributed by atoms with Crippen LogP contribution in [0.2, 0.25) is 0 Å². The fourth-order valence-corrected chi connectivity index (χ4v) is 6.89. The van der Waals surface area contributed by atoms with E-state index in [4.69, 9.17) is 9.47 Å². The minimum atomic E-state index is 0.0229. The number of benzene rings is 1. The molecule has 0 spiro atoms. The van der Waals surface area contributed by atoms with Crippen molar-refractivity contribution in [3.8, 4) is 5.75 Å². The van der Waals surface area contributed by atoms with Crippen LogP contribution >= 0.6 is 0 Å². The quantitative estimate of drug-likeness (QED) is 0.547. The summed E-state index contributed by atoms with van der Waals surface area (Å²) in [6.07, 6.45) is 8.30. The number of hydrogen-bond donors (Lipinski definition) is 0. The number of carbonyl (C=O) groups is 1. The summed E-state index contributed by atoms with van der Waals surface area (Å²) in [4.78, 5) is 13.2. The minimum absolute atomic E-state index is 0.0229. The molecule has 29 heavy (non-hydrogen) atoms. The number of ether oxygens (including phenoxy) is 2. The van der Waals surface area contributed by atoms with E-state index in [0.717, 1.165) is 12.2 Å². The second-order valence-electron chi connectivity index (χ2n) is 10.7. The van der Waals surface area contributed by atoms with Gasteiger partial charge in [0.25, 0.3) is 0 Å². The highest BCUT2D eigenvalue weighted by atomic mass is 16.5. The zero-order chi connectivity index (χ0) is 20.8. The van der Waals surface area contributed by atoms with Gasteiger partial charge in [-0.3, -0.25) is 4.79 Å². The van der Waals surface area contributed by atoms with Crippen LogP contribution in [-0.4, -0.2) is 19.2 Å².